The van der Waals surface area contributed by atoms with E-state index >= 15 is 0 Å². The zero-order chi connectivity index (χ0) is 17.2. The van der Waals surface area contributed by atoms with Crippen molar-refractivity contribution in [2.45, 2.75) is 50.4 Å². The molecule has 1 aliphatic heterocycles. The molecule has 1 aromatic carbocycles. The summed E-state index contributed by atoms with van der Waals surface area (Å²) in [6, 6.07) is 5.49. The molecule has 2 fully saturated rings. The number of fused-ring (bicyclic) bond motifs is 1. The highest BCUT2D eigenvalue weighted by molar-refractivity contribution is 5.74. The van der Waals surface area contributed by atoms with Crippen LogP contribution in [0.3, 0.4) is 0 Å². The van der Waals surface area contributed by atoms with E-state index in [4.69, 9.17) is 4.74 Å². The molecule has 1 heterocycles. The van der Waals surface area contributed by atoms with Crippen molar-refractivity contribution in [1.82, 2.24) is 10.6 Å². The average Bonchev–Trinajstić information content (AvgIpc) is 3.03. The summed E-state index contributed by atoms with van der Waals surface area (Å²) in [5.74, 6) is 0.0352. The molecule has 24 heavy (non-hydrogen) atoms. The summed E-state index contributed by atoms with van der Waals surface area (Å²) in [5, 5.41) is 16.2. The van der Waals surface area contributed by atoms with E-state index in [1.807, 2.05) is 0 Å². The van der Waals surface area contributed by atoms with Gasteiger partial charge in [0.2, 0.25) is 0 Å². The Balaban J connectivity index is 1.52. The molecule has 2 amide bonds. The van der Waals surface area contributed by atoms with Crippen LogP contribution in [0.2, 0.25) is 0 Å². The summed E-state index contributed by atoms with van der Waals surface area (Å²) < 4.78 is 18.7. The number of benzene rings is 1. The highest BCUT2D eigenvalue weighted by Crippen LogP contribution is 2.34. The minimum Gasteiger partial charge on any atom is -0.384 e. The van der Waals surface area contributed by atoms with Crippen LogP contribution < -0.4 is 10.6 Å². The third-order valence-electron chi connectivity index (χ3n) is 5.16. The van der Waals surface area contributed by atoms with E-state index in [0.717, 1.165) is 32.3 Å². The highest BCUT2D eigenvalue weighted by atomic mass is 19.1. The molecule has 1 saturated heterocycles. The average molecular weight is 336 g/mol. The normalized spacial score (nSPS) is 28.7. The number of aliphatic hydroxyl groups is 1. The van der Waals surface area contributed by atoms with Crippen LogP contribution in [0.4, 0.5) is 9.18 Å². The molecule has 1 aliphatic carbocycles. The number of urea groups is 1. The number of hydrogen-bond acceptors (Lipinski definition) is 3. The monoisotopic (exact) mass is 336 g/mol. The van der Waals surface area contributed by atoms with Gasteiger partial charge in [-0.05, 0) is 50.3 Å². The van der Waals surface area contributed by atoms with Gasteiger partial charge in [-0.3, -0.25) is 0 Å². The van der Waals surface area contributed by atoms with Gasteiger partial charge >= 0.3 is 6.03 Å². The molecule has 3 N–H and O–H groups in total. The largest absolute Gasteiger partial charge is 0.384 e. The number of amides is 2. The molecule has 1 aromatic rings. The van der Waals surface area contributed by atoms with E-state index in [-0.39, 0.29) is 30.5 Å². The molecule has 132 valence electrons. The lowest BCUT2D eigenvalue weighted by Gasteiger charge is -2.33. The predicted octanol–water partition coefficient (Wildman–Crippen LogP) is 2.29. The van der Waals surface area contributed by atoms with Crippen LogP contribution in [-0.2, 0) is 10.3 Å². The zero-order valence-electron chi connectivity index (χ0n) is 13.9. The van der Waals surface area contributed by atoms with Crippen molar-refractivity contribution < 1.29 is 19.0 Å². The number of carbonyl (C=O) groups excluding carboxylic acids is 1. The molecular formula is C18H25FN2O3. The van der Waals surface area contributed by atoms with Crippen LogP contribution in [0.25, 0.3) is 0 Å². The molecule has 2 aliphatic rings. The summed E-state index contributed by atoms with van der Waals surface area (Å²) in [6.07, 6.45) is 4.35. The molecule has 1 saturated carbocycles. The Hall–Kier alpha value is -1.66. The van der Waals surface area contributed by atoms with Gasteiger partial charge in [0.05, 0.1) is 12.6 Å². The van der Waals surface area contributed by atoms with Crippen LogP contribution >= 0.6 is 0 Å². The summed E-state index contributed by atoms with van der Waals surface area (Å²) in [6.45, 7) is 2.43. The van der Waals surface area contributed by atoms with Crippen LogP contribution in [0, 0.1) is 11.7 Å². The minimum atomic E-state index is -1.25. The maximum absolute atomic E-state index is 13.0. The maximum atomic E-state index is 13.0. The van der Waals surface area contributed by atoms with Crippen molar-refractivity contribution in [1.29, 1.82) is 0 Å². The van der Waals surface area contributed by atoms with Gasteiger partial charge in [-0.25, -0.2) is 9.18 Å². The second-order valence-corrected chi connectivity index (χ2v) is 7.01. The second kappa shape index (κ2) is 7.07. The highest BCUT2D eigenvalue weighted by Gasteiger charge is 2.38. The molecule has 0 bridgehead atoms. The molecule has 0 spiro atoms. The minimum absolute atomic E-state index is 0.0573. The van der Waals surface area contributed by atoms with Gasteiger partial charge in [-0.2, -0.15) is 0 Å². The number of halogens is 1. The lowest BCUT2D eigenvalue weighted by molar-refractivity contribution is 0.0518. The molecule has 4 atom stereocenters. The van der Waals surface area contributed by atoms with Crippen molar-refractivity contribution in [3.63, 3.8) is 0 Å². The van der Waals surface area contributed by atoms with Crippen LogP contribution in [0.15, 0.2) is 24.3 Å². The number of hydrogen-bond donors (Lipinski definition) is 3. The molecule has 4 unspecified atom stereocenters. The molecule has 3 rings (SSSR count). The standard InChI is InChI=1S/C18H25FN2O3/c1-18(23,12-5-7-13(19)8-6-12)11-20-17(22)21-15-3-2-4-16-14(15)9-10-24-16/h5-8,14-16,23H,2-4,9-11H2,1H3,(H2,20,21,22). The van der Waals surface area contributed by atoms with E-state index in [0.29, 0.717) is 11.5 Å². The Morgan fingerprint density at radius 3 is 2.83 bits per heavy atom. The van der Waals surface area contributed by atoms with Gasteiger partial charge in [-0.1, -0.05) is 12.1 Å². The Kier molecular flexibility index (Phi) is 5.06. The molecule has 6 heteroatoms. The first-order chi connectivity index (χ1) is 11.5. The molecular weight excluding hydrogens is 311 g/mol. The lowest BCUT2D eigenvalue weighted by Crippen LogP contribution is -2.51. The number of rotatable bonds is 4. The van der Waals surface area contributed by atoms with Gasteiger partial charge < -0.3 is 20.5 Å². The zero-order valence-corrected chi connectivity index (χ0v) is 13.9. The third-order valence-corrected chi connectivity index (χ3v) is 5.16. The fourth-order valence-corrected chi connectivity index (χ4v) is 3.74. The smallest absolute Gasteiger partial charge is 0.315 e. The quantitative estimate of drug-likeness (QED) is 0.790. The van der Waals surface area contributed by atoms with E-state index < -0.39 is 5.60 Å². The Bertz CT molecular complexity index is 576. The SMILES string of the molecule is CC(O)(CNC(=O)NC1CCCC2OCCC12)c1ccc(F)cc1. The Morgan fingerprint density at radius 2 is 2.08 bits per heavy atom. The van der Waals surface area contributed by atoms with Gasteiger partial charge in [0.15, 0.2) is 0 Å². The van der Waals surface area contributed by atoms with Crippen molar-refractivity contribution in [2.75, 3.05) is 13.2 Å². The summed E-state index contributed by atoms with van der Waals surface area (Å²) >= 11 is 0. The van der Waals surface area contributed by atoms with Crippen LogP contribution in [0.1, 0.15) is 38.2 Å². The van der Waals surface area contributed by atoms with Crippen molar-refractivity contribution in [2.24, 2.45) is 5.92 Å². The second-order valence-electron chi connectivity index (χ2n) is 7.01. The number of carbonyl (C=O) groups is 1. The molecule has 5 nitrogen and oxygen atoms in total. The first-order valence-corrected chi connectivity index (χ1v) is 8.60. The number of nitrogens with one attached hydrogen (secondary N) is 2. The van der Waals surface area contributed by atoms with E-state index in [9.17, 15) is 14.3 Å². The first-order valence-electron chi connectivity index (χ1n) is 8.60. The molecule has 0 radical (unpaired) electrons. The summed E-state index contributed by atoms with van der Waals surface area (Å²) in [4.78, 5) is 12.2. The van der Waals surface area contributed by atoms with Gasteiger partial charge in [0.25, 0.3) is 0 Å². The van der Waals surface area contributed by atoms with E-state index in [2.05, 4.69) is 10.6 Å². The molecule has 0 aromatic heterocycles. The predicted molar refractivity (Wildman–Crippen MR) is 88.0 cm³/mol. The summed E-state index contributed by atoms with van der Waals surface area (Å²) in [5.41, 5.74) is -0.692. The Labute approximate surface area is 141 Å². The van der Waals surface area contributed by atoms with Crippen molar-refractivity contribution in [3.8, 4) is 0 Å². The van der Waals surface area contributed by atoms with E-state index in [1.54, 1.807) is 6.92 Å². The topological polar surface area (TPSA) is 70.6 Å². The van der Waals surface area contributed by atoms with Crippen molar-refractivity contribution >= 4 is 6.03 Å². The maximum Gasteiger partial charge on any atom is 0.315 e. The third kappa shape index (κ3) is 3.87. The summed E-state index contributed by atoms with van der Waals surface area (Å²) in [7, 11) is 0. The van der Waals surface area contributed by atoms with Gasteiger partial charge in [-0.15, -0.1) is 0 Å². The lowest BCUT2D eigenvalue weighted by atomic mass is 9.82. The van der Waals surface area contributed by atoms with Crippen LogP contribution in [-0.4, -0.2) is 36.4 Å². The fourth-order valence-electron chi connectivity index (χ4n) is 3.74. The number of ether oxygens (including phenoxy) is 1. The van der Waals surface area contributed by atoms with Gasteiger partial charge in [0, 0.05) is 18.6 Å². The van der Waals surface area contributed by atoms with Crippen LogP contribution in [0.5, 0.6) is 0 Å². The van der Waals surface area contributed by atoms with Gasteiger partial charge in [0.1, 0.15) is 11.4 Å². The first kappa shape index (κ1) is 17.2. The van der Waals surface area contributed by atoms with E-state index in [1.165, 1.54) is 24.3 Å². The Morgan fingerprint density at radius 1 is 1.33 bits per heavy atom. The van der Waals surface area contributed by atoms with Crippen molar-refractivity contribution in [3.05, 3.63) is 35.6 Å². The fraction of sp³-hybridized carbons (Fsp3) is 0.611.